The summed E-state index contributed by atoms with van der Waals surface area (Å²) in [6.45, 7) is 0. The number of hydrogen-bond acceptors (Lipinski definition) is 4. The van der Waals surface area contributed by atoms with Gasteiger partial charge in [-0.25, -0.2) is 8.42 Å². The molecule has 0 fully saturated rings. The summed E-state index contributed by atoms with van der Waals surface area (Å²) < 4.78 is 31.3. The molecule has 0 unspecified atom stereocenters. The average Bonchev–Trinajstić information content (AvgIpc) is 2.03. The zero-order valence-corrected chi connectivity index (χ0v) is 10.9. The SMILES string of the molecule is O=Cc1cccc(S(=O)(=O)[O-])c1.[K+]. The molecule has 0 N–H and O–H groups in total. The second-order valence-electron chi connectivity index (χ2n) is 2.14. The Labute approximate surface area is 119 Å². The van der Waals surface area contributed by atoms with Gasteiger partial charge in [-0.1, -0.05) is 12.1 Å². The summed E-state index contributed by atoms with van der Waals surface area (Å²) in [5.41, 5.74) is 0.173. The molecule has 0 radical (unpaired) electrons. The normalized spacial score (nSPS) is 10.2. The summed E-state index contributed by atoms with van der Waals surface area (Å²) in [5.74, 6) is 0. The number of carbonyl (C=O) groups excluding carboxylic acids is 1. The Hall–Kier alpha value is 0.436. The maximum Gasteiger partial charge on any atom is 1.00 e. The Kier molecular flexibility index (Phi) is 5.53. The molecular weight excluding hydrogens is 219 g/mol. The molecule has 6 heteroatoms. The molecule has 13 heavy (non-hydrogen) atoms. The maximum atomic E-state index is 10.4. The van der Waals surface area contributed by atoms with Gasteiger partial charge in [-0.2, -0.15) is 0 Å². The van der Waals surface area contributed by atoms with Crippen molar-refractivity contribution in [1.29, 1.82) is 0 Å². The van der Waals surface area contributed by atoms with Crippen molar-refractivity contribution < 1.29 is 69.1 Å². The van der Waals surface area contributed by atoms with Gasteiger partial charge in [0.05, 0.1) is 4.90 Å². The van der Waals surface area contributed by atoms with E-state index in [4.69, 9.17) is 0 Å². The van der Waals surface area contributed by atoms with E-state index in [-0.39, 0.29) is 61.8 Å². The van der Waals surface area contributed by atoms with Crippen LogP contribution in [-0.2, 0) is 10.1 Å². The van der Waals surface area contributed by atoms with Gasteiger partial charge < -0.3 is 4.55 Å². The molecular formula is C7H5KO4S. The van der Waals surface area contributed by atoms with E-state index >= 15 is 0 Å². The van der Waals surface area contributed by atoms with Crippen molar-refractivity contribution >= 4 is 16.4 Å². The summed E-state index contributed by atoms with van der Waals surface area (Å²) in [7, 11) is -4.44. The molecule has 0 aliphatic rings. The molecule has 1 aromatic carbocycles. The van der Waals surface area contributed by atoms with Crippen molar-refractivity contribution in [2.75, 3.05) is 0 Å². The van der Waals surface area contributed by atoms with Crippen molar-refractivity contribution in [3.8, 4) is 0 Å². The number of benzene rings is 1. The molecule has 0 aliphatic heterocycles. The third-order valence-corrected chi connectivity index (χ3v) is 2.11. The van der Waals surface area contributed by atoms with E-state index in [1.54, 1.807) is 0 Å². The zero-order chi connectivity index (χ0) is 9.19. The van der Waals surface area contributed by atoms with E-state index in [1.165, 1.54) is 12.1 Å². The molecule has 1 rings (SSSR count). The number of carbonyl (C=O) groups is 1. The van der Waals surface area contributed by atoms with E-state index in [9.17, 15) is 17.8 Å². The van der Waals surface area contributed by atoms with Gasteiger partial charge in [-0.15, -0.1) is 0 Å². The van der Waals surface area contributed by atoms with Crippen LogP contribution in [0.15, 0.2) is 29.2 Å². The topological polar surface area (TPSA) is 74.3 Å². The van der Waals surface area contributed by atoms with Gasteiger partial charge in [-0.3, -0.25) is 4.79 Å². The van der Waals surface area contributed by atoms with E-state index in [1.807, 2.05) is 0 Å². The van der Waals surface area contributed by atoms with Gasteiger partial charge in [0.25, 0.3) is 0 Å². The summed E-state index contributed by atoms with van der Waals surface area (Å²) in [6, 6.07) is 4.95. The van der Waals surface area contributed by atoms with E-state index in [0.717, 1.165) is 12.1 Å². The minimum atomic E-state index is -4.44. The van der Waals surface area contributed by atoms with Crippen LogP contribution in [0.25, 0.3) is 0 Å². The molecule has 0 saturated heterocycles. The molecule has 1 aromatic rings. The number of rotatable bonds is 2. The third kappa shape index (κ3) is 3.99. The fourth-order valence-corrected chi connectivity index (χ4v) is 1.27. The van der Waals surface area contributed by atoms with Crippen LogP contribution in [0.4, 0.5) is 0 Å². The Morgan fingerprint density at radius 3 is 2.38 bits per heavy atom. The van der Waals surface area contributed by atoms with Gasteiger partial charge in [0.2, 0.25) is 0 Å². The monoisotopic (exact) mass is 224 g/mol. The largest absolute Gasteiger partial charge is 1.00 e. The van der Waals surface area contributed by atoms with Crippen LogP contribution in [0.1, 0.15) is 10.4 Å². The fraction of sp³-hybridized carbons (Fsp3) is 0. The molecule has 0 spiro atoms. The van der Waals surface area contributed by atoms with Gasteiger partial charge in [0.1, 0.15) is 16.4 Å². The Bertz CT molecular complexity index is 399. The fourth-order valence-electron chi connectivity index (χ4n) is 0.743. The van der Waals surface area contributed by atoms with E-state index in [0.29, 0.717) is 6.29 Å². The predicted octanol–water partition coefficient (Wildman–Crippen LogP) is -2.59. The van der Waals surface area contributed by atoms with E-state index in [2.05, 4.69) is 0 Å². The zero-order valence-electron chi connectivity index (χ0n) is 6.93. The first-order valence-corrected chi connectivity index (χ1v) is 4.46. The second-order valence-corrected chi connectivity index (χ2v) is 3.52. The molecule has 0 aliphatic carbocycles. The molecule has 64 valence electrons. The number of hydrogen-bond donors (Lipinski definition) is 0. The molecule has 0 bridgehead atoms. The summed E-state index contributed by atoms with van der Waals surface area (Å²) >= 11 is 0. The predicted molar refractivity (Wildman–Crippen MR) is 39.8 cm³/mol. The Morgan fingerprint density at radius 1 is 1.31 bits per heavy atom. The van der Waals surface area contributed by atoms with E-state index < -0.39 is 10.1 Å². The molecule has 0 saturated carbocycles. The Balaban J connectivity index is 0.00000144. The average molecular weight is 224 g/mol. The maximum absolute atomic E-state index is 10.4. The quantitative estimate of drug-likeness (QED) is 0.314. The van der Waals surface area contributed by atoms with Gasteiger partial charge in [-0.05, 0) is 12.1 Å². The van der Waals surface area contributed by atoms with Crippen LogP contribution >= 0.6 is 0 Å². The van der Waals surface area contributed by atoms with Crippen molar-refractivity contribution in [3.05, 3.63) is 29.8 Å². The molecule has 0 aromatic heterocycles. The first kappa shape index (κ1) is 13.4. The van der Waals surface area contributed by atoms with Crippen LogP contribution in [-0.4, -0.2) is 19.3 Å². The molecule has 0 atom stereocenters. The van der Waals surface area contributed by atoms with Crippen molar-refractivity contribution in [3.63, 3.8) is 0 Å². The van der Waals surface area contributed by atoms with Gasteiger partial charge in [0, 0.05) is 5.56 Å². The summed E-state index contributed by atoms with van der Waals surface area (Å²) in [5, 5.41) is 0. The second kappa shape index (κ2) is 5.35. The van der Waals surface area contributed by atoms with Crippen LogP contribution in [0.2, 0.25) is 0 Å². The van der Waals surface area contributed by atoms with Crippen molar-refractivity contribution in [2.45, 2.75) is 4.90 Å². The van der Waals surface area contributed by atoms with Crippen molar-refractivity contribution in [1.82, 2.24) is 0 Å². The van der Waals surface area contributed by atoms with Gasteiger partial charge in [0.15, 0.2) is 0 Å². The first-order chi connectivity index (χ1) is 5.54. The summed E-state index contributed by atoms with van der Waals surface area (Å²) in [4.78, 5) is 9.81. The van der Waals surface area contributed by atoms with Crippen LogP contribution in [0, 0.1) is 0 Å². The third-order valence-electron chi connectivity index (χ3n) is 1.28. The van der Waals surface area contributed by atoms with Gasteiger partial charge >= 0.3 is 51.4 Å². The van der Waals surface area contributed by atoms with Crippen LogP contribution < -0.4 is 51.4 Å². The number of aldehydes is 1. The molecule has 0 amide bonds. The standard InChI is InChI=1S/C7H6O4S.K/c8-5-6-2-1-3-7(4-6)12(9,10)11;/h1-5H,(H,9,10,11);/q;+1/p-1. The van der Waals surface area contributed by atoms with Crippen LogP contribution in [0.5, 0.6) is 0 Å². The molecule has 0 heterocycles. The first-order valence-electron chi connectivity index (χ1n) is 3.05. The minimum Gasteiger partial charge on any atom is -0.744 e. The Morgan fingerprint density at radius 2 is 1.92 bits per heavy atom. The smallest absolute Gasteiger partial charge is 0.744 e. The molecule has 4 nitrogen and oxygen atoms in total. The summed E-state index contributed by atoms with van der Waals surface area (Å²) in [6.07, 6.45) is 0.481. The minimum absolute atomic E-state index is 0. The van der Waals surface area contributed by atoms with Crippen LogP contribution in [0.3, 0.4) is 0 Å². The van der Waals surface area contributed by atoms with Crippen molar-refractivity contribution in [2.24, 2.45) is 0 Å².